The monoisotopic (exact) mass is 281 g/mol. The first-order chi connectivity index (χ1) is 8.73. The highest BCUT2D eigenvalue weighted by atomic mass is 19.4. The molecule has 2 atom stereocenters. The zero-order chi connectivity index (χ0) is 14.6. The molecule has 0 aromatic heterocycles. The highest BCUT2D eigenvalue weighted by molar-refractivity contribution is 5.89. The minimum Gasteiger partial charge on any atom is -0.355 e. The Labute approximate surface area is 109 Å². The molecule has 0 aliphatic carbocycles. The van der Waals surface area contributed by atoms with Gasteiger partial charge < -0.3 is 16.0 Å². The molecule has 1 aliphatic rings. The highest BCUT2D eigenvalue weighted by Crippen LogP contribution is 2.23. The van der Waals surface area contributed by atoms with Crippen molar-refractivity contribution in [1.29, 1.82) is 0 Å². The van der Waals surface area contributed by atoms with Crippen molar-refractivity contribution in [2.75, 3.05) is 26.2 Å². The second-order valence-electron chi connectivity index (χ2n) is 4.88. The van der Waals surface area contributed by atoms with Crippen LogP contribution in [-0.2, 0) is 9.59 Å². The number of rotatable bonds is 5. The lowest BCUT2D eigenvalue weighted by molar-refractivity contribution is -0.157. The van der Waals surface area contributed by atoms with Gasteiger partial charge in [-0.05, 0) is 12.5 Å². The predicted molar refractivity (Wildman–Crippen MR) is 62.0 cm³/mol. The number of nitrogens with zero attached hydrogens (tertiary/aromatic N) is 1. The first kappa shape index (κ1) is 15.7. The zero-order valence-electron chi connectivity index (χ0n) is 10.7. The number of likely N-dealkylation sites (tertiary alicyclic amines) is 1. The first-order valence-electron chi connectivity index (χ1n) is 6.05. The second kappa shape index (κ2) is 6.23. The largest absolute Gasteiger partial charge is 0.406 e. The van der Waals surface area contributed by atoms with Crippen molar-refractivity contribution < 1.29 is 22.8 Å². The van der Waals surface area contributed by atoms with E-state index >= 15 is 0 Å². The van der Waals surface area contributed by atoms with Crippen molar-refractivity contribution in [1.82, 2.24) is 10.2 Å². The van der Waals surface area contributed by atoms with E-state index in [0.717, 1.165) is 0 Å². The molecule has 5 nitrogen and oxygen atoms in total. The molecule has 19 heavy (non-hydrogen) atoms. The molecule has 8 heteroatoms. The van der Waals surface area contributed by atoms with Gasteiger partial charge in [-0.3, -0.25) is 9.59 Å². The Morgan fingerprint density at radius 2 is 2.21 bits per heavy atom. The quantitative estimate of drug-likeness (QED) is 0.751. The Hall–Kier alpha value is -1.31. The van der Waals surface area contributed by atoms with Crippen LogP contribution in [0.1, 0.15) is 13.3 Å². The number of amides is 2. The number of carbonyl (C=O) groups is 2. The third kappa shape index (κ3) is 5.06. The van der Waals surface area contributed by atoms with Crippen LogP contribution in [0.4, 0.5) is 13.2 Å². The van der Waals surface area contributed by atoms with Crippen LogP contribution in [0.5, 0.6) is 0 Å². The zero-order valence-corrected chi connectivity index (χ0v) is 10.7. The van der Waals surface area contributed by atoms with E-state index in [1.54, 1.807) is 0 Å². The molecule has 1 heterocycles. The van der Waals surface area contributed by atoms with E-state index < -0.39 is 30.5 Å². The number of nitrogens with one attached hydrogen (secondary N) is 1. The summed E-state index contributed by atoms with van der Waals surface area (Å²) in [4.78, 5) is 23.8. The van der Waals surface area contributed by atoms with Crippen molar-refractivity contribution >= 4 is 11.8 Å². The minimum atomic E-state index is -4.44. The topological polar surface area (TPSA) is 75.4 Å². The van der Waals surface area contributed by atoms with Gasteiger partial charge in [-0.15, -0.1) is 0 Å². The van der Waals surface area contributed by atoms with E-state index in [1.165, 1.54) is 0 Å². The molecule has 0 aromatic carbocycles. The Morgan fingerprint density at radius 3 is 2.74 bits per heavy atom. The Morgan fingerprint density at radius 1 is 1.58 bits per heavy atom. The van der Waals surface area contributed by atoms with Crippen molar-refractivity contribution in [3.63, 3.8) is 0 Å². The molecular weight excluding hydrogens is 263 g/mol. The van der Waals surface area contributed by atoms with Gasteiger partial charge in [-0.1, -0.05) is 6.92 Å². The maximum absolute atomic E-state index is 12.2. The maximum Gasteiger partial charge on any atom is 0.406 e. The van der Waals surface area contributed by atoms with Crippen molar-refractivity contribution in [3.8, 4) is 0 Å². The Balaban J connectivity index is 2.45. The SMILES string of the molecule is CC(CN)CNC(=O)C1CC(=O)N(CC(F)(F)F)C1. The molecule has 0 radical (unpaired) electrons. The van der Waals surface area contributed by atoms with Crippen LogP contribution in [0.15, 0.2) is 0 Å². The molecule has 1 aliphatic heterocycles. The fourth-order valence-corrected chi connectivity index (χ4v) is 1.82. The van der Waals surface area contributed by atoms with Gasteiger partial charge in [-0.2, -0.15) is 13.2 Å². The predicted octanol–water partition coefficient (Wildman–Crippen LogP) is 0.108. The summed E-state index contributed by atoms with van der Waals surface area (Å²) < 4.78 is 36.6. The maximum atomic E-state index is 12.2. The lowest BCUT2D eigenvalue weighted by Gasteiger charge is -2.18. The molecule has 0 bridgehead atoms. The van der Waals surface area contributed by atoms with Gasteiger partial charge in [0.05, 0.1) is 5.92 Å². The van der Waals surface area contributed by atoms with Gasteiger partial charge in [0.2, 0.25) is 11.8 Å². The summed E-state index contributed by atoms with van der Waals surface area (Å²) in [5.41, 5.74) is 5.39. The molecular formula is C11H18F3N3O2. The lowest BCUT2D eigenvalue weighted by Crippen LogP contribution is -2.38. The number of hydrogen-bond donors (Lipinski definition) is 2. The standard InChI is InChI=1S/C11H18F3N3O2/c1-7(3-15)4-16-10(19)8-2-9(18)17(5-8)6-11(12,13)14/h7-8H,2-6,15H2,1H3,(H,16,19). The summed E-state index contributed by atoms with van der Waals surface area (Å²) in [7, 11) is 0. The first-order valence-corrected chi connectivity index (χ1v) is 6.05. The summed E-state index contributed by atoms with van der Waals surface area (Å²) in [6.45, 7) is 1.13. The normalized spacial score (nSPS) is 21.6. The smallest absolute Gasteiger partial charge is 0.355 e. The van der Waals surface area contributed by atoms with Crippen molar-refractivity contribution in [3.05, 3.63) is 0 Å². The molecule has 1 rings (SSSR count). The number of carbonyl (C=O) groups excluding carboxylic acids is 2. The minimum absolute atomic E-state index is 0.0901. The van der Waals surface area contributed by atoms with E-state index in [2.05, 4.69) is 5.32 Å². The fraction of sp³-hybridized carbons (Fsp3) is 0.818. The summed E-state index contributed by atoms with van der Waals surface area (Å²) >= 11 is 0. The summed E-state index contributed by atoms with van der Waals surface area (Å²) in [6.07, 6.45) is -4.60. The molecule has 110 valence electrons. The molecule has 0 saturated carbocycles. The lowest BCUT2D eigenvalue weighted by atomic mass is 10.1. The van der Waals surface area contributed by atoms with Crippen LogP contribution >= 0.6 is 0 Å². The molecule has 2 amide bonds. The van der Waals surface area contributed by atoms with Crippen LogP contribution < -0.4 is 11.1 Å². The molecule has 0 spiro atoms. The molecule has 3 N–H and O–H groups in total. The van der Waals surface area contributed by atoms with E-state index in [9.17, 15) is 22.8 Å². The average molecular weight is 281 g/mol. The van der Waals surface area contributed by atoms with E-state index in [4.69, 9.17) is 5.73 Å². The van der Waals surface area contributed by atoms with Crippen molar-refractivity contribution in [2.45, 2.75) is 19.5 Å². The molecule has 2 unspecified atom stereocenters. The van der Waals surface area contributed by atoms with Gasteiger partial charge in [0.1, 0.15) is 6.54 Å². The van der Waals surface area contributed by atoms with E-state index in [1.807, 2.05) is 6.92 Å². The van der Waals surface area contributed by atoms with Crippen LogP contribution in [0, 0.1) is 11.8 Å². The van der Waals surface area contributed by atoms with Gasteiger partial charge >= 0.3 is 6.18 Å². The average Bonchev–Trinajstić information content (AvgIpc) is 2.65. The fourth-order valence-electron chi connectivity index (χ4n) is 1.82. The number of halogens is 3. The summed E-state index contributed by atoms with van der Waals surface area (Å²) in [5, 5.41) is 2.60. The molecule has 1 fully saturated rings. The summed E-state index contributed by atoms with van der Waals surface area (Å²) in [6, 6.07) is 0. The number of nitrogens with two attached hydrogens (primary N) is 1. The second-order valence-corrected chi connectivity index (χ2v) is 4.88. The Bertz CT molecular complexity index is 347. The van der Waals surface area contributed by atoms with Crippen LogP contribution in [-0.4, -0.2) is 49.1 Å². The molecule has 1 saturated heterocycles. The van der Waals surface area contributed by atoms with Gasteiger partial charge in [0, 0.05) is 19.5 Å². The highest BCUT2D eigenvalue weighted by Gasteiger charge is 2.40. The van der Waals surface area contributed by atoms with Crippen LogP contribution in [0.2, 0.25) is 0 Å². The van der Waals surface area contributed by atoms with Crippen LogP contribution in [0.3, 0.4) is 0 Å². The third-order valence-electron chi connectivity index (χ3n) is 2.98. The van der Waals surface area contributed by atoms with Crippen molar-refractivity contribution in [2.24, 2.45) is 17.6 Å². The van der Waals surface area contributed by atoms with Gasteiger partial charge in [-0.25, -0.2) is 0 Å². The third-order valence-corrected chi connectivity index (χ3v) is 2.98. The number of hydrogen-bond acceptors (Lipinski definition) is 3. The van der Waals surface area contributed by atoms with Gasteiger partial charge in [0.15, 0.2) is 0 Å². The number of alkyl halides is 3. The van der Waals surface area contributed by atoms with E-state index in [-0.39, 0.29) is 18.9 Å². The molecule has 0 aromatic rings. The Kier molecular flexibility index (Phi) is 5.16. The van der Waals surface area contributed by atoms with E-state index in [0.29, 0.717) is 18.0 Å². The summed E-state index contributed by atoms with van der Waals surface area (Å²) in [5.74, 6) is -1.64. The van der Waals surface area contributed by atoms with Crippen LogP contribution in [0.25, 0.3) is 0 Å². The van der Waals surface area contributed by atoms with Gasteiger partial charge in [0.25, 0.3) is 0 Å².